The minimum atomic E-state index is -0.183. The first-order valence-corrected chi connectivity index (χ1v) is 7.94. The molecule has 0 aliphatic heterocycles. The molecule has 0 atom stereocenters. The number of carbonyl (C=O) groups is 1. The normalized spacial score (nSPS) is 24.2. The van der Waals surface area contributed by atoms with Gasteiger partial charge in [0.05, 0.1) is 11.9 Å². The van der Waals surface area contributed by atoms with Crippen LogP contribution in [0.5, 0.6) is 0 Å². The summed E-state index contributed by atoms with van der Waals surface area (Å²) >= 11 is 0. The molecule has 0 radical (unpaired) electrons. The Labute approximate surface area is 135 Å². The highest BCUT2D eigenvalue weighted by atomic mass is 16.2. The Morgan fingerprint density at radius 3 is 2.74 bits per heavy atom. The first-order chi connectivity index (χ1) is 11.0. The molecular formula is C16H22N6O. The summed E-state index contributed by atoms with van der Waals surface area (Å²) in [5.74, 6) is 1.41. The second kappa shape index (κ2) is 6.36. The highest BCUT2D eigenvalue weighted by molar-refractivity contribution is 5.89. The molecule has 1 aliphatic carbocycles. The summed E-state index contributed by atoms with van der Waals surface area (Å²) in [6, 6.07) is 3.40. The van der Waals surface area contributed by atoms with Gasteiger partial charge >= 0.3 is 6.03 Å². The van der Waals surface area contributed by atoms with Gasteiger partial charge in [-0.2, -0.15) is 5.10 Å². The van der Waals surface area contributed by atoms with Gasteiger partial charge in [-0.25, -0.2) is 19.4 Å². The Kier molecular flexibility index (Phi) is 4.27. The topological polar surface area (TPSA) is 84.7 Å². The predicted octanol–water partition coefficient (Wildman–Crippen LogP) is 2.75. The van der Waals surface area contributed by atoms with Crippen LogP contribution in [0.3, 0.4) is 0 Å². The van der Waals surface area contributed by atoms with E-state index in [-0.39, 0.29) is 11.6 Å². The number of carbonyl (C=O) groups excluding carboxylic acids is 1. The lowest BCUT2D eigenvalue weighted by Gasteiger charge is -2.37. The first-order valence-electron chi connectivity index (χ1n) is 7.94. The number of hydrogen-bond acceptors (Lipinski definition) is 4. The van der Waals surface area contributed by atoms with E-state index in [1.165, 1.54) is 6.33 Å². The fraction of sp³-hybridized carbons (Fsp3) is 0.500. The quantitative estimate of drug-likeness (QED) is 0.912. The van der Waals surface area contributed by atoms with Gasteiger partial charge in [-0.1, -0.05) is 6.92 Å². The first kappa shape index (κ1) is 15.5. The lowest BCUT2D eigenvalue weighted by molar-refractivity contribution is 0.204. The van der Waals surface area contributed by atoms with Gasteiger partial charge in [-0.05, 0) is 50.7 Å². The molecule has 0 saturated heterocycles. The van der Waals surface area contributed by atoms with Crippen LogP contribution in [0.1, 0.15) is 39.5 Å². The number of pyridine rings is 1. The SMILES string of the molecule is CC1CCC(C)(NC(=O)Nc2ccc(-n3cncn3)nc2)CC1. The van der Waals surface area contributed by atoms with Gasteiger partial charge in [-0.15, -0.1) is 0 Å². The molecule has 2 amide bonds. The van der Waals surface area contributed by atoms with E-state index < -0.39 is 0 Å². The molecule has 7 heteroatoms. The standard InChI is InChI=1S/C16H22N6O/c1-12-5-7-16(2,8-6-12)21-15(23)20-13-3-4-14(18-9-13)22-11-17-10-19-22/h3-4,9-12H,5-8H2,1-2H3,(H2,20,21,23). The monoisotopic (exact) mass is 314 g/mol. The summed E-state index contributed by atoms with van der Waals surface area (Å²) < 4.78 is 1.56. The van der Waals surface area contributed by atoms with Crippen LogP contribution in [0.4, 0.5) is 10.5 Å². The van der Waals surface area contributed by atoms with Gasteiger partial charge < -0.3 is 10.6 Å². The second-order valence-corrected chi connectivity index (χ2v) is 6.57. The van der Waals surface area contributed by atoms with Gasteiger partial charge in [-0.3, -0.25) is 0 Å². The van der Waals surface area contributed by atoms with Gasteiger partial charge in [0.1, 0.15) is 12.7 Å². The smallest absolute Gasteiger partial charge is 0.319 e. The van der Waals surface area contributed by atoms with E-state index in [1.54, 1.807) is 29.3 Å². The third-order valence-electron chi connectivity index (χ3n) is 4.45. The van der Waals surface area contributed by atoms with E-state index in [4.69, 9.17) is 0 Å². The van der Waals surface area contributed by atoms with E-state index in [9.17, 15) is 4.79 Å². The molecule has 1 aliphatic rings. The number of aromatic nitrogens is 4. The number of nitrogens with zero attached hydrogens (tertiary/aromatic N) is 4. The molecule has 2 heterocycles. The van der Waals surface area contributed by atoms with E-state index in [0.717, 1.165) is 31.6 Å². The minimum Gasteiger partial charge on any atom is -0.333 e. The van der Waals surface area contributed by atoms with Crippen LogP contribution in [0.2, 0.25) is 0 Å². The van der Waals surface area contributed by atoms with Crippen LogP contribution < -0.4 is 10.6 Å². The molecule has 1 saturated carbocycles. The zero-order valence-electron chi connectivity index (χ0n) is 13.5. The molecule has 7 nitrogen and oxygen atoms in total. The summed E-state index contributed by atoms with van der Waals surface area (Å²) in [6.07, 6.45) is 8.99. The Morgan fingerprint density at radius 2 is 2.13 bits per heavy atom. The average molecular weight is 314 g/mol. The maximum atomic E-state index is 12.2. The summed E-state index contributed by atoms with van der Waals surface area (Å²) in [6.45, 7) is 4.38. The summed E-state index contributed by atoms with van der Waals surface area (Å²) in [5.41, 5.74) is 0.532. The second-order valence-electron chi connectivity index (χ2n) is 6.57. The van der Waals surface area contributed by atoms with Crippen molar-refractivity contribution in [2.24, 2.45) is 5.92 Å². The van der Waals surface area contributed by atoms with Crippen molar-refractivity contribution >= 4 is 11.7 Å². The predicted molar refractivity (Wildman–Crippen MR) is 87.3 cm³/mol. The molecule has 23 heavy (non-hydrogen) atoms. The Bertz CT molecular complexity index is 644. The van der Waals surface area contributed by atoms with E-state index >= 15 is 0 Å². The maximum Gasteiger partial charge on any atom is 0.319 e. The lowest BCUT2D eigenvalue weighted by Crippen LogP contribution is -2.49. The van der Waals surface area contributed by atoms with Gasteiger partial charge in [0, 0.05) is 5.54 Å². The molecule has 0 bridgehead atoms. The van der Waals surface area contributed by atoms with Crippen molar-refractivity contribution in [3.05, 3.63) is 31.0 Å². The maximum absolute atomic E-state index is 12.2. The highest BCUT2D eigenvalue weighted by Gasteiger charge is 2.30. The van der Waals surface area contributed by atoms with Crippen molar-refractivity contribution in [2.45, 2.75) is 45.1 Å². The molecular weight excluding hydrogens is 292 g/mol. The molecule has 2 N–H and O–H groups in total. The summed E-state index contributed by atoms with van der Waals surface area (Å²) in [4.78, 5) is 20.3. The molecule has 1 fully saturated rings. The average Bonchev–Trinajstić information content (AvgIpc) is 3.05. The van der Waals surface area contributed by atoms with Gasteiger partial charge in [0.2, 0.25) is 0 Å². The van der Waals surface area contributed by atoms with Crippen LogP contribution >= 0.6 is 0 Å². The number of nitrogens with one attached hydrogen (secondary N) is 2. The van der Waals surface area contributed by atoms with Crippen LogP contribution in [-0.2, 0) is 0 Å². The number of hydrogen-bond donors (Lipinski definition) is 2. The van der Waals surface area contributed by atoms with E-state index in [1.807, 2.05) is 0 Å². The lowest BCUT2D eigenvalue weighted by atomic mass is 9.78. The number of anilines is 1. The summed E-state index contributed by atoms with van der Waals surface area (Å²) in [5, 5.41) is 9.95. The van der Waals surface area contributed by atoms with Gasteiger partial charge in [0.25, 0.3) is 0 Å². The molecule has 0 aromatic carbocycles. The van der Waals surface area contributed by atoms with Crippen molar-refractivity contribution in [1.82, 2.24) is 25.1 Å². The zero-order chi connectivity index (χ0) is 16.3. The third-order valence-corrected chi connectivity index (χ3v) is 4.45. The molecule has 2 aromatic heterocycles. The van der Waals surface area contributed by atoms with E-state index in [2.05, 4.69) is 39.5 Å². The van der Waals surface area contributed by atoms with Crippen molar-refractivity contribution < 1.29 is 4.79 Å². The number of urea groups is 1. The number of amides is 2. The largest absolute Gasteiger partial charge is 0.333 e. The van der Waals surface area contributed by atoms with Crippen LogP contribution in [0, 0.1) is 5.92 Å². The minimum absolute atomic E-state index is 0.120. The fourth-order valence-corrected chi connectivity index (χ4v) is 2.88. The summed E-state index contributed by atoms with van der Waals surface area (Å²) in [7, 11) is 0. The Hall–Kier alpha value is -2.44. The van der Waals surface area contributed by atoms with Crippen LogP contribution in [0.25, 0.3) is 5.82 Å². The van der Waals surface area contributed by atoms with Crippen LogP contribution in [-0.4, -0.2) is 31.3 Å². The van der Waals surface area contributed by atoms with Gasteiger partial charge in [0.15, 0.2) is 5.82 Å². The zero-order valence-corrected chi connectivity index (χ0v) is 13.5. The molecule has 122 valence electrons. The molecule has 2 aromatic rings. The van der Waals surface area contributed by atoms with Crippen molar-refractivity contribution in [3.63, 3.8) is 0 Å². The fourth-order valence-electron chi connectivity index (χ4n) is 2.88. The molecule has 3 rings (SSSR count). The highest BCUT2D eigenvalue weighted by Crippen LogP contribution is 2.31. The van der Waals surface area contributed by atoms with Crippen molar-refractivity contribution in [1.29, 1.82) is 0 Å². The molecule has 0 unspecified atom stereocenters. The van der Waals surface area contributed by atoms with Crippen LogP contribution in [0.15, 0.2) is 31.0 Å². The Morgan fingerprint density at radius 1 is 1.35 bits per heavy atom. The Balaban J connectivity index is 1.57. The van der Waals surface area contributed by atoms with E-state index in [0.29, 0.717) is 11.5 Å². The van der Waals surface area contributed by atoms with Crippen molar-refractivity contribution in [3.8, 4) is 5.82 Å². The number of rotatable bonds is 3. The van der Waals surface area contributed by atoms with Crippen molar-refractivity contribution in [2.75, 3.05) is 5.32 Å². The molecule has 0 spiro atoms. The third kappa shape index (κ3) is 3.85.